The molecular formula is C25H27Br2NO5. The van der Waals surface area contributed by atoms with E-state index in [2.05, 4.69) is 31.9 Å². The standard InChI is InChI=1S/C25H27Br2NO5/c1-2-11-33-25-15(26)12-14(13-16(25)27)22-23-17(5-3-7-19(23)29)28(10-9-21(31)32)18-6-4-8-20(30)24(18)22/h12-13,22H,2-11H2,1H3,(H,31,32). The molecule has 0 radical (unpaired) electrons. The molecule has 3 aliphatic rings. The van der Waals surface area contributed by atoms with Crippen LogP contribution in [0.2, 0.25) is 0 Å². The normalized spacial score (nSPS) is 19.1. The minimum absolute atomic E-state index is 0.0405. The molecule has 33 heavy (non-hydrogen) atoms. The number of Topliss-reactive ketones (excluding diaryl/α,β-unsaturated/α-hetero) is 2. The molecule has 0 spiro atoms. The third-order valence-electron chi connectivity index (χ3n) is 6.44. The molecule has 0 saturated heterocycles. The van der Waals surface area contributed by atoms with E-state index in [4.69, 9.17) is 4.74 Å². The number of carboxylic acid groups (broad SMARTS) is 1. The predicted octanol–water partition coefficient (Wildman–Crippen LogP) is 5.89. The van der Waals surface area contributed by atoms with Gasteiger partial charge in [-0.1, -0.05) is 6.92 Å². The van der Waals surface area contributed by atoms with Crippen LogP contribution in [0.25, 0.3) is 0 Å². The van der Waals surface area contributed by atoms with Gasteiger partial charge in [-0.2, -0.15) is 0 Å². The average Bonchev–Trinajstić information content (AvgIpc) is 2.76. The van der Waals surface area contributed by atoms with Crippen LogP contribution in [0.1, 0.15) is 69.8 Å². The molecular weight excluding hydrogens is 554 g/mol. The molecule has 2 aliphatic carbocycles. The minimum atomic E-state index is -0.888. The van der Waals surface area contributed by atoms with E-state index < -0.39 is 11.9 Å². The van der Waals surface area contributed by atoms with Crippen LogP contribution in [0.4, 0.5) is 0 Å². The highest BCUT2D eigenvalue weighted by Crippen LogP contribution is 2.50. The second kappa shape index (κ2) is 10.1. The van der Waals surface area contributed by atoms with Gasteiger partial charge in [-0.25, -0.2) is 0 Å². The topological polar surface area (TPSA) is 83.9 Å². The Labute approximate surface area is 210 Å². The van der Waals surface area contributed by atoms with Crippen LogP contribution in [-0.4, -0.2) is 40.7 Å². The van der Waals surface area contributed by atoms with Gasteiger partial charge in [0.05, 0.1) is 22.0 Å². The van der Waals surface area contributed by atoms with E-state index in [-0.39, 0.29) is 24.5 Å². The molecule has 6 nitrogen and oxygen atoms in total. The quantitative estimate of drug-likeness (QED) is 0.433. The number of aliphatic carboxylic acids is 1. The monoisotopic (exact) mass is 579 g/mol. The van der Waals surface area contributed by atoms with Gasteiger partial charge in [-0.3, -0.25) is 14.4 Å². The van der Waals surface area contributed by atoms with Crippen molar-refractivity contribution in [1.29, 1.82) is 0 Å². The maximum atomic E-state index is 13.3. The Morgan fingerprint density at radius 2 is 1.58 bits per heavy atom. The Bertz CT molecular complexity index is 1010. The average molecular weight is 581 g/mol. The van der Waals surface area contributed by atoms with E-state index >= 15 is 0 Å². The van der Waals surface area contributed by atoms with Crippen molar-refractivity contribution in [3.63, 3.8) is 0 Å². The smallest absolute Gasteiger partial charge is 0.305 e. The summed E-state index contributed by atoms with van der Waals surface area (Å²) in [5, 5.41) is 9.30. The number of ketones is 2. The summed E-state index contributed by atoms with van der Waals surface area (Å²) in [6.45, 7) is 2.90. The number of carbonyl (C=O) groups excluding carboxylic acids is 2. The lowest BCUT2D eigenvalue weighted by atomic mass is 9.71. The number of hydrogen-bond acceptors (Lipinski definition) is 5. The van der Waals surface area contributed by atoms with E-state index in [1.165, 1.54) is 0 Å². The largest absolute Gasteiger partial charge is 0.491 e. The molecule has 176 valence electrons. The van der Waals surface area contributed by atoms with Crippen LogP contribution in [-0.2, 0) is 14.4 Å². The van der Waals surface area contributed by atoms with E-state index in [0.29, 0.717) is 49.2 Å². The molecule has 4 rings (SSSR count). The first kappa shape index (κ1) is 24.2. The Morgan fingerprint density at radius 3 is 2.06 bits per heavy atom. The zero-order valence-corrected chi connectivity index (χ0v) is 21.8. The Hall–Kier alpha value is -1.93. The van der Waals surface area contributed by atoms with E-state index in [9.17, 15) is 19.5 Å². The van der Waals surface area contributed by atoms with Gasteiger partial charge < -0.3 is 14.7 Å². The lowest BCUT2D eigenvalue weighted by Gasteiger charge is -2.44. The first-order valence-electron chi connectivity index (χ1n) is 11.5. The zero-order chi connectivity index (χ0) is 23.7. The van der Waals surface area contributed by atoms with Gasteiger partial charge in [0.2, 0.25) is 0 Å². The number of benzene rings is 1. The van der Waals surface area contributed by atoms with E-state index in [0.717, 1.165) is 45.2 Å². The van der Waals surface area contributed by atoms with Gasteiger partial charge in [0, 0.05) is 47.8 Å². The molecule has 8 heteroatoms. The summed E-state index contributed by atoms with van der Waals surface area (Å²) in [6.07, 6.45) is 4.62. The molecule has 0 aromatic heterocycles. The van der Waals surface area contributed by atoms with Crippen molar-refractivity contribution in [2.45, 2.75) is 64.2 Å². The van der Waals surface area contributed by atoms with Crippen LogP contribution in [0, 0.1) is 0 Å². The van der Waals surface area contributed by atoms with Gasteiger partial charge in [-0.05, 0) is 81.7 Å². The molecule has 0 unspecified atom stereocenters. The molecule has 1 heterocycles. The number of hydrogen-bond donors (Lipinski definition) is 1. The van der Waals surface area contributed by atoms with Gasteiger partial charge in [0.1, 0.15) is 5.75 Å². The second-order valence-electron chi connectivity index (χ2n) is 8.66. The fraction of sp³-hybridized carbons (Fsp3) is 0.480. The Balaban J connectivity index is 1.88. The summed E-state index contributed by atoms with van der Waals surface area (Å²) in [7, 11) is 0. The van der Waals surface area contributed by atoms with Crippen molar-refractivity contribution >= 4 is 49.4 Å². The van der Waals surface area contributed by atoms with Gasteiger partial charge >= 0.3 is 5.97 Å². The number of rotatable bonds is 7. The summed E-state index contributed by atoms with van der Waals surface area (Å²) in [4.78, 5) is 39.9. The summed E-state index contributed by atoms with van der Waals surface area (Å²) < 4.78 is 7.41. The number of nitrogens with zero attached hydrogens (tertiary/aromatic N) is 1. The molecule has 1 aliphatic heterocycles. The minimum Gasteiger partial charge on any atom is -0.491 e. The van der Waals surface area contributed by atoms with Crippen LogP contribution in [0.5, 0.6) is 5.75 Å². The van der Waals surface area contributed by atoms with Crippen molar-refractivity contribution < 1.29 is 24.2 Å². The van der Waals surface area contributed by atoms with Crippen LogP contribution < -0.4 is 4.74 Å². The van der Waals surface area contributed by atoms with Crippen molar-refractivity contribution in [3.8, 4) is 5.75 Å². The molecule has 0 atom stereocenters. The lowest BCUT2D eigenvalue weighted by Crippen LogP contribution is -2.39. The molecule has 1 aromatic carbocycles. The maximum absolute atomic E-state index is 13.3. The summed E-state index contributed by atoms with van der Waals surface area (Å²) in [6, 6.07) is 3.90. The van der Waals surface area contributed by atoms with Crippen molar-refractivity contribution in [2.75, 3.05) is 13.2 Å². The van der Waals surface area contributed by atoms with Gasteiger partial charge in [0.15, 0.2) is 11.6 Å². The zero-order valence-electron chi connectivity index (χ0n) is 18.6. The number of carboxylic acids is 1. The number of halogens is 2. The summed E-state index contributed by atoms with van der Waals surface area (Å²) in [5.41, 5.74) is 3.96. The highest BCUT2D eigenvalue weighted by atomic mass is 79.9. The molecule has 0 fully saturated rings. The third kappa shape index (κ3) is 4.69. The first-order valence-corrected chi connectivity index (χ1v) is 13.1. The van der Waals surface area contributed by atoms with E-state index in [1.807, 2.05) is 24.0 Å². The molecule has 0 bridgehead atoms. The SMILES string of the molecule is CCCOc1c(Br)cc(C2C3=C(CCCC3=O)N(CCC(=O)O)C3=C2C(=O)CCC3)cc1Br. The molecule has 1 N–H and O–H groups in total. The number of carbonyl (C=O) groups is 3. The Morgan fingerprint density at radius 1 is 1.03 bits per heavy atom. The van der Waals surface area contributed by atoms with Gasteiger partial charge in [-0.15, -0.1) is 0 Å². The highest BCUT2D eigenvalue weighted by molar-refractivity contribution is 9.11. The number of ether oxygens (including phenoxy) is 1. The van der Waals surface area contributed by atoms with Crippen LogP contribution in [0.3, 0.4) is 0 Å². The number of allylic oxidation sites excluding steroid dienone is 4. The van der Waals surface area contributed by atoms with Crippen LogP contribution in [0.15, 0.2) is 43.6 Å². The van der Waals surface area contributed by atoms with Crippen molar-refractivity contribution in [2.24, 2.45) is 0 Å². The van der Waals surface area contributed by atoms with Gasteiger partial charge in [0.25, 0.3) is 0 Å². The fourth-order valence-electron chi connectivity index (χ4n) is 5.12. The van der Waals surface area contributed by atoms with Crippen LogP contribution >= 0.6 is 31.9 Å². The maximum Gasteiger partial charge on any atom is 0.305 e. The van der Waals surface area contributed by atoms with E-state index in [1.54, 1.807) is 0 Å². The molecule has 0 amide bonds. The third-order valence-corrected chi connectivity index (χ3v) is 7.62. The van der Waals surface area contributed by atoms with Crippen molar-refractivity contribution in [3.05, 3.63) is 49.2 Å². The van der Waals surface area contributed by atoms with Crippen molar-refractivity contribution in [1.82, 2.24) is 4.90 Å². The predicted molar refractivity (Wildman–Crippen MR) is 131 cm³/mol. The highest BCUT2D eigenvalue weighted by Gasteiger charge is 2.43. The summed E-state index contributed by atoms with van der Waals surface area (Å²) in [5.74, 6) is -0.534. The second-order valence-corrected chi connectivity index (χ2v) is 10.4. The Kier molecular flexibility index (Phi) is 7.43. The summed E-state index contributed by atoms with van der Waals surface area (Å²) >= 11 is 7.24. The molecule has 1 aromatic rings. The fourth-order valence-corrected chi connectivity index (χ4v) is 6.57. The first-order chi connectivity index (χ1) is 15.8. The lowest BCUT2D eigenvalue weighted by molar-refractivity contribution is -0.137. The molecule has 0 saturated carbocycles.